The van der Waals surface area contributed by atoms with Crippen molar-refractivity contribution in [2.45, 2.75) is 25.7 Å². The van der Waals surface area contributed by atoms with Gasteiger partial charge in [0.25, 0.3) is 5.91 Å². The third-order valence-corrected chi connectivity index (χ3v) is 4.86. The molecule has 0 bridgehead atoms. The first kappa shape index (κ1) is 17.4. The lowest BCUT2D eigenvalue weighted by Crippen LogP contribution is -2.33. The number of ether oxygens (including phenoxy) is 1. The Hall–Kier alpha value is -1.96. The molecule has 7 nitrogen and oxygen atoms in total. The average Bonchev–Trinajstić information content (AvgIpc) is 2.84. The van der Waals surface area contributed by atoms with Crippen molar-refractivity contribution in [3.05, 3.63) is 15.6 Å². The fraction of sp³-hybridized carbons (Fsp3) is 0.600. The zero-order valence-corrected chi connectivity index (χ0v) is 14.4. The van der Waals surface area contributed by atoms with E-state index in [1.807, 2.05) is 0 Å². The molecule has 1 aromatic rings. The van der Waals surface area contributed by atoms with E-state index in [0.29, 0.717) is 30.9 Å². The maximum absolute atomic E-state index is 12.1. The predicted octanol–water partition coefficient (Wildman–Crippen LogP) is 0.725. The summed E-state index contributed by atoms with van der Waals surface area (Å²) in [6.07, 6.45) is 1.60. The SMILES string of the molecule is COC(=O)CCC(=O)N1CCc2nc(C(=O)N(C)C)sc2CC1. The van der Waals surface area contributed by atoms with E-state index in [1.54, 1.807) is 19.0 Å². The Morgan fingerprint density at radius 2 is 1.91 bits per heavy atom. The standard InChI is InChI=1S/C15H21N3O4S/c1-17(2)15(21)14-16-10-6-8-18(9-7-11(10)23-14)12(19)4-5-13(20)22-3/h4-9H2,1-3H3. The van der Waals surface area contributed by atoms with E-state index in [2.05, 4.69) is 9.72 Å². The molecule has 1 aliphatic rings. The van der Waals surface area contributed by atoms with Crippen molar-refractivity contribution < 1.29 is 19.1 Å². The van der Waals surface area contributed by atoms with Crippen LogP contribution >= 0.6 is 11.3 Å². The number of thiazole rings is 1. The number of amides is 2. The Bertz CT molecular complexity index is 586. The van der Waals surface area contributed by atoms with E-state index in [1.165, 1.54) is 23.3 Å². The minimum absolute atomic E-state index is 0.0462. The molecule has 8 heteroatoms. The molecular weight excluding hydrogens is 318 g/mol. The second kappa shape index (κ2) is 7.54. The molecule has 1 aromatic heterocycles. The molecule has 0 fully saturated rings. The van der Waals surface area contributed by atoms with E-state index < -0.39 is 0 Å². The van der Waals surface area contributed by atoms with Crippen LogP contribution in [0.15, 0.2) is 0 Å². The molecule has 0 saturated heterocycles. The van der Waals surface area contributed by atoms with Gasteiger partial charge in [0.1, 0.15) is 0 Å². The largest absolute Gasteiger partial charge is 0.469 e. The topological polar surface area (TPSA) is 79.8 Å². The van der Waals surface area contributed by atoms with Crippen molar-refractivity contribution >= 4 is 29.1 Å². The number of esters is 1. The Morgan fingerprint density at radius 1 is 1.22 bits per heavy atom. The molecule has 0 radical (unpaired) electrons. The number of aromatic nitrogens is 1. The molecule has 0 unspecified atom stereocenters. The lowest BCUT2D eigenvalue weighted by atomic mass is 10.2. The monoisotopic (exact) mass is 339 g/mol. The Morgan fingerprint density at radius 3 is 2.57 bits per heavy atom. The van der Waals surface area contributed by atoms with Gasteiger partial charge in [0, 0.05) is 51.3 Å². The molecular formula is C15H21N3O4S. The zero-order chi connectivity index (χ0) is 17.0. The number of fused-ring (bicyclic) bond motifs is 1. The predicted molar refractivity (Wildman–Crippen MR) is 85.4 cm³/mol. The van der Waals surface area contributed by atoms with Crippen LogP contribution < -0.4 is 0 Å². The molecule has 0 spiro atoms. The first-order chi connectivity index (χ1) is 10.9. The normalized spacial score (nSPS) is 14.0. The van der Waals surface area contributed by atoms with Crippen molar-refractivity contribution in [2.24, 2.45) is 0 Å². The van der Waals surface area contributed by atoms with Gasteiger partial charge in [-0.25, -0.2) is 4.98 Å². The van der Waals surface area contributed by atoms with Gasteiger partial charge >= 0.3 is 5.97 Å². The summed E-state index contributed by atoms with van der Waals surface area (Å²) in [6, 6.07) is 0. The number of hydrogen-bond acceptors (Lipinski definition) is 6. The molecule has 2 rings (SSSR count). The van der Waals surface area contributed by atoms with Gasteiger partial charge in [0.05, 0.1) is 19.2 Å². The van der Waals surface area contributed by atoms with Gasteiger partial charge in [-0.15, -0.1) is 11.3 Å². The molecule has 2 amide bonds. The molecule has 126 valence electrons. The van der Waals surface area contributed by atoms with Crippen LogP contribution in [-0.2, 0) is 27.2 Å². The van der Waals surface area contributed by atoms with Gasteiger partial charge in [0.15, 0.2) is 5.01 Å². The highest BCUT2D eigenvalue weighted by atomic mass is 32.1. The lowest BCUT2D eigenvalue weighted by molar-refractivity contribution is -0.143. The molecule has 0 saturated carbocycles. The molecule has 0 aromatic carbocycles. The highest BCUT2D eigenvalue weighted by Gasteiger charge is 2.24. The van der Waals surface area contributed by atoms with Gasteiger partial charge in [-0.1, -0.05) is 0 Å². The summed E-state index contributed by atoms with van der Waals surface area (Å²) in [4.78, 5) is 44.0. The molecule has 2 heterocycles. The van der Waals surface area contributed by atoms with Crippen molar-refractivity contribution in [1.82, 2.24) is 14.8 Å². The Labute approximate surface area is 139 Å². The minimum atomic E-state index is -0.374. The summed E-state index contributed by atoms with van der Waals surface area (Å²) >= 11 is 1.41. The van der Waals surface area contributed by atoms with Crippen LogP contribution in [0.2, 0.25) is 0 Å². The first-order valence-electron chi connectivity index (χ1n) is 7.47. The summed E-state index contributed by atoms with van der Waals surface area (Å²) in [7, 11) is 4.72. The van der Waals surface area contributed by atoms with Crippen LogP contribution in [0.3, 0.4) is 0 Å². The van der Waals surface area contributed by atoms with Crippen molar-refractivity contribution in [3.8, 4) is 0 Å². The average molecular weight is 339 g/mol. The summed E-state index contributed by atoms with van der Waals surface area (Å²) in [5.41, 5.74) is 0.906. The number of rotatable bonds is 4. The number of hydrogen-bond donors (Lipinski definition) is 0. The maximum Gasteiger partial charge on any atom is 0.306 e. The van der Waals surface area contributed by atoms with Crippen LogP contribution in [0.5, 0.6) is 0 Å². The van der Waals surface area contributed by atoms with Crippen molar-refractivity contribution in [1.29, 1.82) is 0 Å². The van der Waals surface area contributed by atoms with Crippen LogP contribution in [0.1, 0.15) is 33.2 Å². The third-order valence-electron chi connectivity index (χ3n) is 3.72. The van der Waals surface area contributed by atoms with Gasteiger partial charge in [-0.2, -0.15) is 0 Å². The second-order valence-corrected chi connectivity index (χ2v) is 6.63. The van der Waals surface area contributed by atoms with Gasteiger partial charge in [-0.05, 0) is 0 Å². The highest BCUT2D eigenvalue weighted by Crippen LogP contribution is 2.24. The second-order valence-electron chi connectivity index (χ2n) is 5.55. The maximum atomic E-state index is 12.1. The van der Waals surface area contributed by atoms with E-state index >= 15 is 0 Å². The molecule has 0 aliphatic carbocycles. The molecule has 23 heavy (non-hydrogen) atoms. The van der Waals surface area contributed by atoms with Crippen LogP contribution in [0, 0.1) is 0 Å². The Kier molecular flexibility index (Phi) is 5.70. The number of carbonyl (C=O) groups is 3. The van der Waals surface area contributed by atoms with E-state index in [4.69, 9.17) is 0 Å². The first-order valence-corrected chi connectivity index (χ1v) is 8.29. The Balaban J connectivity index is 1.96. The van der Waals surface area contributed by atoms with Crippen molar-refractivity contribution in [2.75, 3.05) is 34.3 Å². The number of methoxy groups -OCH3 is 1. The van der Waals surface area contributed by atoms with Crippen LogP contribution in [-0.4, -0.2) is 66.9 Å². The lowest BCUT2D eigenvalue weighted by Gasteiger charge is -2.19. The molecule has 0 atom stereocenters. The van der Waals surface area contributed by atoms with Crippen LogP contribution in [0.25, 0.3) is 0 Å². The van der Waals surface area contributed by atoms with E-state index in [-0.39, 0.29) is 30.6 Å². The summed E-state index contributed by atoms with van der Waals surface area (Å²) in [5.74, 6) is -0.509. The van der Waals surface area contributed by atoms with E-state index in [0.717, 1.165) is 10.6 Å². The summed E-state index contributed by atoms with van der Waals surface area (Å²) in [5, 5.41) is 0.505. The smallest absolute Gasteiger partial charge is 0.306 e. The van der Waals surface area contributed by atoms with Gasteiger partial charge < -0.3 is 14.5 Å². The van der Waals surface area contributed by atoms with Gasteiger partial charge in [-0.3, -0.25) is 14.4 Å². The number of nitrogens with zero attached hydrogens (tertiary/aromatic N) is 3. The molecule has 0 N–H and O–H groups in total. The molecule has 1 aliphatic heterocycles. The third kappa shape index (κ3) is 4.28. The fourth-order valence-corrected chi connectivity index (χ4v) is 3.48. The summed E-state index contributed by atoms with van der Waals surface area (Å²) < 4.78 is 4.55. The highest BCUT2D eigenvalue weighted by molar-refractivity contribution is 7.13. The van der Waals surface area contributed by atoms with Gasteiger partial charge in [0.2, 0.25) is 5.91 Å². The van der Waals surface area contributed by atoms with Crippen LogP contribution in [0.4, 0.5) is 0 Å². The van der Waals surface area contributed by atoms with Crippen molar-refractivity contribution in [3.63, 3.8) is 0 Å². The minimum Gasteiger partial charge on any atom is -0.469 e. The fourth-order valence-electron chi connectivity index (χ4n) is 2.36. The quantitative estimate of drug-likeness (QED) is 0.756. The number of carbonyl (C=O) groups excluding carboxylic acids is 3. The zero-order valence-electron chi connectivity index (χ0n) is 13.6. The summed E-state index contributed by atoms with van der Waals surface area (Å²) in [6.45, 7) is 1.15. The van der Waals surface area contributed by atoms with E-state index in [9.17, 15) is 14.4 Å².